The molecule has 1 atom stereocenters. The Morgan fingerprint density at radius 2 is 1.93 bits per heavy atom. The number of carbonyl (C=O) groups is 1. The Labute approximate surface area is 170 Å². The van der Waals surface area contributed by atoms with Crippen molar-refractivity contribution >= 4 is 22.6 Å². The van der Waals surface area contributed by atoms with Gasteiger partial charge in [0.15, 0.2) is 5.65 Å². The number of pyridine rings is 1. The van der Waals surface area contributed by atoms with Gasteiger partial charge in [-0.25, -0.2) is 9.97 Å². The van der Waals surface area contributed by atoms with Crippen molar-refractivity contribution in [3.63, 3.8) is 0 Å². The minimum Gasteiger partial charge on any atom is -0.311 e. The summed E-state index contributed by atoms with van der Waals surface area (Å²) in [5.74, 6) is -0.102. The molecule has 0 radical (unpaired) electrons. The van der Waals surface area contributed by atoms with Gasteiger partial charge in [-0.1, -0.05) is 25.1 Å². The van der Waals surface area contributed by atoms with E-state index in [1.165, 1.54) is 10.9 Å². The predicted molar refractivity (Wildman–Crippen MR) is 114 cm³/mol. The van der Waals surface area contributed by atoms with Crippen LogP contribution in [0.15, 0.2) is 47.5 Å². The Morgan fingerprint density at radius 3 is 2.66 bits per heavy atom. The molecule has 4 rings (SSSR count). The number of hydrogen-bond donors (Lipinski definition) is 0. The zero-order valence-electron chi connectivity index (χ0n) is 17.0. The fourth-order valence-corrected chi connectivity index (χ4v) is 4.15. The second kappa shape index (κ2) is 8.15. The number of nitrogens with zero attached hydrogens (tertiary/aromatic N) is 4. The van der Waals surface area contributed by atoms with Crippen molar-refractivity contribution in [2.45, 2.75) is 52.0 Å². The van der Waals surface area contributed by atoms with Gasteiger partial charge in [-0.15, -0.1) is 0 Å². The fourth-order valence-electron chi connectivity index (χ4n) is 4.15. The number of benzene rings is 1. The van der Waals surface area contributed by atoms with E-state index in [4.69, 9.17) is 0 Å². The lowest BCUT2D eigenvalue weighted by molar-refractivity contribution is -0.121. The first-order chi connectivity index (χ1) is 14.1. The van der Waals surface area contributed by atoms with Gasteiger partial charge in [-0.05, 0) is 62.8 Å². The molecule has 1 aliphatic carbocycles. The molecule has 0 saturated heterocycles. The summed E-state index contributed by atoms with van der Waals surface area (Å²) >= 11 is 0. The molecular formula is C23H26N4O2. The van der Waals surface area contributed by atoms with Crippen molar-refractivity contribution in [1.29, 1.82) is 0 Å². The Bertz CT molecular complexity index is 1090. The molecule has 0 fully saturated rings. The van der Waals surface area contributed by atoms with Crippen LogP contribution in [0.4, 0.5) is 5.69 Å². The van der Waals surface area contributed by atoms with Crippen LogP contribution in [0.2, 0.25) is 0 Å². The standard InChI is InChI=1S/C23H26N4O2/c1-3-20(23(29)26(4-2)17-11-6-5-7-12-17)27-15-24-21-18(22(27)28)14-16-10-8-9-13-19(16)25-21/h5-7,11-12,14-15,20H,3-4,8-10,13H2,1-2H3/t20-/m1/s1. The highest BCUT2D eigenvalue weighted by Crippen LogP contribution is 2.23. The summed E-state index contributed by atoms with van der Waals surface area (Å²) in [5.41, 5.74) is 3.30. The molecule has 0 aliphatic heterocycles. The molecule has 0 N–H and O–H groups in total. The van der Waals surface area contributed by atoms with Gasteiger partial charge >= 0.3 is 0 Å². The third-order valence-corrected chi connectivity index (χ3v) is 5.71. The summed E-state index contributed by atoms with van der Waals surface area (Å²) in [6.07, 6.45) is 6.12. The summed E-state index contributed by atoms with van der Waals surface area (Å²) in [6.45, 7) is 4.39. The molecule has 1 aromatic carbocycles. The number of likely N-dealkylation sites (N-methyl/N-ethyl adjacent to an activating group) is 1. The van der Waals surface area contributed by atoms with Gasteiger partial charge in [0.2, 0.25) is 5.91 Å². The number of amides is 1. The van der Waals surface area contributed by atoms with Crippen LogP contribution < -0.4 is 10.5 Å². The fraction of sp³-hybridized carbons (Fsp3) is 0.391. The van der Waals surface area contributed by atoms with Crippen molar-refractivity contribution < 1.29 is 4.79 Å². The van der Waals surface area contributed by atoms with Crippen molar-refractivity contribution in [1.82, 2.24) is 14.5 Å². The maximum absolute atomic E-state index is 13.4. The number of fused-ring (bicyclic) bond motifs is 2. The van der Waals surface area contributed by atoms with Gasteiger partial charge < -0.3 is 4.90 Å². The van der Waals surface area contributed by atoms with E-state index in [1.54, 1.807) is 4.90 Å². The Morgan fingerprint density at radius 1 is 1.17 bits per heavy atom. The number of anilines is 1. The van der Waals surface area contributed by atoms with E-state index in [1.807, 2.05) is 50.2 Å². The minimum absolute atomic E-state index is 0.102. The van der Waals surface area contributed by atoms with E-state index < -0.39 is 6.04 Å². The lowest BCUT2D eigenvalue weighted by Crippen LogP contribution is -2.40. The van der Waals surface area contributed by atoms with Crippen LogP contribution in [0.3, 0.4) is 0 Å². The molecule has 1 aliphatic rings. The van der Waals surface area contributed by atoms with Crippen LogP contribution >= 0.6 is 0 Å². The molecule has 6 heteroatoms. The number of rotatable bonds is 5. The zero-order chi connectivity index (χ0) is 20.4. The highest BCUT2D eigenvalue weighted by atomic mass is 16.2. The SMILES string of the molecule is CC[C@H](C(=O)N(CC)c1ccccc1)n1cnc2nc3c(cc2c1=O)CCCC3. The highest BCUT2D eigenvalue weighted by Gasteiger charge is 2.26. The Hall–Kier alpha value is -3.02. The summed E-state index contributed by atoms with van der Waals surface area (Å²) in [4.78, 5) is 37.4. The largest absolute Gasteiger partial charge is 0.311 e. The van der Waals surface area contributed by atoms with Crippen LogP contribution in [0.1, 0.15) is 50.4 Å². The molecule has 150 valence electrons. The first-order valence-corrected chi connectivity index (χ1v) is 10.4. The van der Waals surface area contributed by atoms with Gasteiger partial charge in [-0.2, -0.15) is 0 Å². The topological polar surface area (TPSA) is 68.1 Å². The van der Waals surface area contributed by atoms with Crippen molar-refractivity contribution in [2.75, 3.05) is 11.4 Å². The van der Waals surface area contributed by atoms with Gasteiger partial charge in [0.25, 0.3) is 5.56 Å². The lowest BCUT2D eigenvalue weighted by Gasteiger charge is -2.27. The Kier molecular flexibility index (Phi) is 5.43. The first-order valence-electron chi connectivity index (χ1n) is 10.4. The lowest BCUT2D eigenvalue weighted by atomic mass is 9.95. The summed E-state index contributed by atoms with van der Waals surface area (Å²) < 4.78 is 1.48. The molecule has 1 amide bonds. The van der Waals surface area contributed by atoms with Gasteiger partial charge in [0.05, 0.1) is 5.39 Å². The van der Waals surface area contributed by atoms with E-state index >= 15 is 0 Å². The number of para-hydroxylation sites is 1. The molecule has 0 bridgehead atoms. The van der Waals surface area contributed by atoms with Gasteiger partial charge in [0, 0.05) is 17.9 Å². The van der Waals surface area contributed by atoms with Crippen molar-refractivity contribution in [3.8, 4) is 0 Å². The average molecular weight is 390 g/mol. The predicted octanol–water partition coefficient (Wildman–Crippen LogP) is 3.67. The molecular weight excluding hydrogens is 364 g/mol. The highest BCUT2D eigenvalue weighted by molar-refractivity contribution is 5.96. The Balaban J connectivity index is 1.76. The van der Waals surface area contributed by atoms with Crippen LogP contribution in [0.5, 0.6) is 0 Å². The number of aromatic nitrogens is 3. The molecule has 0 spiro atoms. The summed E-state index contributed by atoms with van der Waals surface area (Å²) in [5, 5.41) is 0.502. The first kappa shape index (κ1) is 19.3. The third-order valence-electron chi connectivity index (χ3n) is 5.71. The molecule has 2 aromatic heterocycles. The maximum atomic E-state index is 13.4. The van der Waals surface area contributed by atoms with E-state index in [9.17, 15) is 9.59 Å². The van der Waals surface area contributed by atoms with Crippen molar-refractivity contribution in [2.24, 2.45) is 0 Å². The maximum Gasteiger partial charge on any atom is 0.263 e. The second-order valence-corrected chi connectivity index (χ2v) is 7.47. The number of aryl methyl sites for hydroxylation is 2. The quantitative estimate of drug-likeness (QED) is 0.667. The van der Waals surface area contributed by atoms with Gasteiger partial charge in [0.1, 0.15) is 12.4 Å². The van der Waals surface area contributed by atoms with Crippen molar-refractivity contribution in [3.05, 3.63) is 64.3 Å². The molecule has 2 heterocycles. The van der Waals surface area contributed by atoms with E-state index in [0.29, 0.717) is 24.0 Å². The normalized spacial score (nSPS) is 14.4. The second-order valence-electron chi connectivity index (χ2n) is 7.47. The molecule has 0 saturated carbocycles. The van der Waals surface area contributed by atoms with Crippen LogP contribution in [0, 0.1) is 0 Å². The minimum atomic E-state index is -0.601. The summed E-state index contributed by atoms with van der Waals surface area (Å²) in [6, 6.07) is 10.9. The van der Waals surface area contributed by atoms with Gasteiger partial charge in [-0.3, -0.25) is 14.2 Å². The smallest absolute Gasteiger partial charge is 0.263 e. The molecule has 3 aromatic rings. The number of carbonyl (C=O) groups excluding carboxylic acids is 1. The molecule has 6 nitrogen and oxygen atoms in total. The van der Waals surface area contributed by atoms with Crippen LogP contribution in [-0.2, 0) is 17.6 Å². The molecule has 0 unspecified atom stereocenters. The molecule has 29 heavy (non-hydrogen) atoms. The number of hydrogen-bond acceptors (Lipinski definition) is 4. The van der Waals surface area contributed by atoms with Crippen LogP contribution in [-0.4, -0.2) is 27.0 Å². The van der Waals surface area contributed by atoms with Crippen LogP contribution in [0.25, 0.3) is 11.0 Å². The summed E-state index contributed by atoms with van der Waals surface area (Å²) in [7, 11) is 0. The zero-order valence-corrected chi connectivity index (χ0v) is 17.0. The van der Waals surface area contributed by atoms with E-state index in [0.717, 1.165) is 42.6 Å². The monoisotopic (exact) mass is 390 g/mol. The van der Waals surface area contributed by atoms with E-state index in [2.05, 4.69) is 9.97 Å². The third kappa shape index (κ3) is 3.55. The average Bonchev–Trinajstić information content (AvgIpc) is 2.76. The van der Waals surface area contributed by atoms with E-state index in [-0.39, 0.29) is 11.5 Å².